The lowest BCUT2D eigenvalue weighted by molar-refractivity contribution is 0.389. The summed E-state index contributed by atoms with van der Waals surface area (Å²) in [5, 5.41) is 15.1. The fourth-order valence-corrected chi connectivity index (χ4v) is 3.67. The van der Waals surface area contributed by atoms with Crippen LogP contribution in [0.25, 0.3) is 5.65 Å². The molecule has 8 heteroatoms. The maximum atomic E-state index is 4.88. The Kier molecular flexibility index (Phi) is 5.47. The van der Waals surface area contributed by atoms with E-state index in [1.165, 1.54) is 12.8 Å². The molecular weight excluding hydrogens is 352 g/mol. The molecule has 1 saturated heterocycles. The van der Waals surface area contributed by atoms with Gasteiger partial charge in [-0.2, -0.15) is 9.61 Å². The number of nitrogens with zero attached hydrogens (tertiary/aromatic N) is 5. The molecule has 0 unspecified atom stereocenters. The van der Waals surface area contributed by atoms with E-state index in [0.717, 1.165) is 48.2 Å². The molecular formula is C20H30N8. The van der Waals surface area contributed by atoms with Crippen LogP contribution in [0.15, 0.2) is 24.8 Å². The number of aromatic nitrogens is 5. The highest BCUT2D eigenvalue weighted by atomic mass is 15.3. The molecule has 0 saturated carbocycles. The Balaban J connectivity index is 1.59. The number of aryl methyl sites for hydroxylation is 1. The molecule has 28 heavy (non-hydrogen) atoms. The number of hydrogen-bond donors (Lipinski definition) is 3. The second kappa shape index (κ2) is 8.18. The Morgan fingerprint density at radius 1 is 1.21 bits per heavy atom. The van der Waals surface area contributed by atoms with Crippen LogP contribution in [-0.2, 0) is 13.6 Å². The fraction of sp³-hybridized carbons (Fsp3) is 0.550. The van der Waals surface area contributed by atoms with Crippen molar-refractivity contribution in [2.24, 2.45) is 13.0 Å². The Hall–Kier alpha value is -2.61. The molecule has 1 aliphatic heterocycles. The summed E-state index contributed by atoms with van der Waals surface area (Å²) in [6, 6.07) is 2.06. The molecule has 3 aromatic heterocycles. The van der Waals surface area contributed by atoms with Gasteiger partial charge in [-0.25, -0.2) is 9.97 Å². The number of rotatable bonds is 7. The molecule has 0 aliphatic carbocycles. The van der Waals surface area contributed by atoms with Crippen LogP contribution >= 0.6 is 0 Å². The van der Waals surface area contributed by atoms with Crippen LogP contribution in [0.2, 0.25) is 0 Å². The third-order valence-corrected chi connectivity index (χ3v) is 5.52. The topological polar surface area (TPSA) is 84.1 Å². The van der Waals surface area contributed by atoms with Crippen molar-refractivity contribution in [2.75, 3.05) is 30.3 Å². The molecule has 4 heterocycles. The first-order valence-electron chi connectivity index (χ1n) is 10.1. The van der Waals surface area contributed by atoms with Gasteiger partial charge >= 0.3 is 0 Å². The zero-order chi connectivity index (χ0) is 19.5. The van der Waals surface area contributed by atoms with Gasteiger partial charge in [-0.1, -0.05) is 13.8 Å². The normalized spacial score (nSPS) is 15.4. The first kappa shape index (κ1) is 18.7. The molecule has 0 spiro atoms. The number of hydrogen-bond acceptors (Lipinski definition) is 6. The van der Waals surface area contributed by atoms with Crippen LogP contribution < -0.4 is 16.0 Å². The standard InChI is InChI=1S/C20H30N8/c1-14(2)17-12-25-28-19(24-11-16-10-22-13-27(16)3)8-18(26-20(17)28)23-9-15-4-6-21-7-5-15/h8,10,12-15,21,24H,4-7,9,11H2,1-3H3,(H,23,26). The van der Waals surface area contributed by atoms with E-state index < -0.39 is 0 Å². The van der Waals surface area contributed by atoms with E-state index in [2.05, 4.69) is 45.9 Å². The van der Waals surface area contributed by atoms with Crippen LogP contribution in [0.4, 0.5) is 11.6 Å². The van der Waals surface area contributed by atoms with Gasteiger partial charge in [0.05, 0.1) is 24.8 Å². The SMILES string of the molecule is CC(C)c1cnn2c(NCc3cncn3C)cc(NCC3CCNCC3)nc12. The van der Waals surface area contributed by atoms with E-state index in [0.29, 0.717) is 18.4 Å². The number of anilines is 2. The summed E-state index contributed by atoms with van der Waals surface area (Å²) in [6.07, 6.45) is 8.05. The molecule has 0 radical (unpaired) electrons. The van der Waals surface area contributed by atoms with E-state index in [1.54, 1.807) is 0 Å². The van der Waals surface area contributed by atoms with Crippen molar-refractivity contribution in [3.05, 3.63) is 36.0 Å². The minimum Gasteiger partial charge on any atom is -0.370 e. The molecule has 3 N–H and O–H groups in total. The third kappa shape index (κ3) is 3.96. The van der Waals surface area contributed by atoms with E-state index in [-0.39, 0.29) is 0 Å². The van der Waals surface area contributed by atoms with Gasteiger partial charge in [-0.05, 0) is 37.8 Å². The molecule has 0 aromatic carbocycles. The molecule has 8 nitrogen and oxygen atoms in total. The highest BCUT2D eigenvalue weighted by Crippen LogP contribution is 2.25. The highest BCUT2D eigenvalue weighted by molar-refractivity contribution is 5.61. The number of piperidine rings is 1. The van der Waals surface area contributed by atoms with Gasteiger partial charge < -0.3 is 20.5 Å². The fourth-order valence-electron chi connectivity index (χ4n) is 3.67. The van der Waals surface area contributed by atoms with Gasteiger partial charge in [0.2, 0.25) is 0 Å². The molecule has 150 valence electrons. The van der Waals surface area contributed by atoms with E-state index >= 15 is 0 Å². The van der Waals surface area contributed by atoms with E-state index in [1.807, 2.05) is 34.9 Å². The molecule has 3 aromatic rings. The number of nitrogens with one attached hydrogen (secondary N) is 3. The third-order valence-electron chi connectivity index (χ3n) is 5.52. The first-order chi connectivity index (χ1) is 13.6. The number of imidazole rings is 1. The van der Waals surface area contributed by atoms with Crippen molar-refractivity contribution in [1.82, 2.24) is 29.5 Å². The number of fused-ring (bicyclic) bond motifs is 1. The minimum absolute atomic E-state index is 0.370. The van der Waals surface area contributed by atoms with Crippen LogP contribution in [0.5, 0.6) is 0 Å². The Morgan fingerprint density at radius 3 is 2.75 bits per heavy atom. The largest absolute Gasteiger partial charge is 0.370 e. The van der Waals surface area contributed by atoms with E-state index in [4.69, 9.17) is 4.98 Å². The monoisotopic (exact) mass is 382 g/mol. The second-order valence-corrected chi connectivity index (χ2v) is 7.94. The van der Waals surface area contributed by atoms with Gasteiger partial charge in [-0.3, -0.25) is 0 Å². The molecule has 1 aliphatic rings. The molecule has 0 amide bonds. The first-order valence-corrected chi connectivity index (χ1v) is 10.1. The lowest BCUT2D eigenvalue weighted by Crippen LogP contribution is -2.31. The zero-order valence-electron chi connectivity index (χ0n) is 16.9. The predicted octanol–water partition coefficient (Wildman–Crippen LogP) is 2.61. The summed E-state index contributed by atoms with van der Waals surface area (Å²) in [4.78, 5) is 9.07. The maximum Gasteiger partial charge on any atom is 0.163 e. The summed E-state index contributed by atoms with van der Waals surface area (Å²) in [6.45, 7) is 8.21. The van der Waals surface area contributed by atoms with Crippen molar-refractivity contribution < 1.29 is 0 Å². The molecule has 0 bridgehead atoms. The van der Waals surface area contributed by atoms with E-state index in [9.17, 15) is 0 Å². The summed E-state index contributed by atoms with van der Waals surface area (Å²) in [5.41, 5.74) is 3.19. The highest BCUT2D eigenvalue weighted by Gasteiger charge is 2.16. The molecule has 0 atom stereocenters. The Morgan fingerprint density at radius 2 is 2.04 bits per heavy atom. The van der Waals surface area contributed by atoms with Crippen molar-refractivity contribution >= 4 is 17.3 Å². The van der Waals surface area contributed by atoms with Crippen molar-refractivity contribution in [3.8, 4) is 0 Å². The average Bonchev–Trinajstić information content (AvgIpc) is 3.31. The lowest BCUT2D eigenvalue weighted by atomic mass is 9.98. The smallest absolute Gasteiger partial charge is 0.163 e. The lowest BCUT2D eigenvalue weighted by Gasteiger charge is -2.23. The molecule has 1 fully saturated rings. The Bertz CT molecular complexity index is 920. The summed E-state index contributed by atoms with van der Waals surface area (Å²) < 4.78 is 3.92. The summed E-state index contributed by atoms with van der Waals surface area (Å²) in [7, 11) is 2.00. The van der Waals surface area contributed by atoms with Gasteiger partial charge in [0, 0.05) is 31.4 Å². The second-order valence-electron chi connectivity index (χ2n) is 7.94. The zero-order valence-corrected chi connectivity index (χ0v) is 16.9. The average molecular weight is 383 g/mol. The van der Waals surface area contributed by atoms with Crippen molar-refractivity contribution in [2.45, 2.75) is 39.2 Å². The summed E-state index contributed by atoms with van der Waals surface area (Å²) in [5.74, 6) is 2.90. The van der Waals surface area contributed by atoms with Crippen LogP contribution in [0.3, 0.4) is 0 Å². The summed E-state index contributed by atoms with van der Waals surface area (Å²) >= 11 is 0. The van der Waals surface area contributed by atoms with Gasteiger partial charge in [0.15, 0.2) is 5.65 Å². The quantitative estimate of drug-likeness (QED) is 0.583. The van der Waals surface area contributed by atoms with Crippen molar-refractivity contribution in [1.29, 1.82) is 0 Å². The van der Waals surface area contributed by atoms with Crippen LogP contribution in [-0.4, -0.2) is 43.8 Å². The van der Waals surface area contributed by atoms with Gasteiger partial charge in [0.25, 0.3) is 0 Å². The van der Waals surface area contributed by atoms with Crippen LogP contribution in [0, 0.1) is 5.92 Å². The van der Waals surface area contributed by atoms with Crippen LogP contribution in [0.1, 0.15) is 43.9 Å². The van der Waals surface area contributed by atoms with Crippen molar-refractivity contribution in [3.63, 3.8) is 0 Å². The Labute approximate surface area is 165 Å². The maximum absolute atomic E-state index is 4.88. The van der Waals surface area contributed by atoms with Gasteiger partial charge in [-0.15, -0.1) is 0 Å². The predicted molar refractivity (Wildman–Crippen MR) is 112 cm³/mol. The minimum atomic E-state index is 0.370. The molecule has 4 rings (SSSR count). The van der Waals surface area contributed by atoms with Gasteiger partial charge in [0.1, 0.15) is 11.6 Å².